The average Bonchev–Trinajstić information content (AvgIpc) is 2.68. The molecule has 2 rings (SSSR count). The minimum atomic E-state index is -0.477. The van der Waals surface area contributed by atoms with Gasteiger partial charge in [0.1, 0.15) is 6.10 Å². The summed E-state index contributed by atoms with van der Waals surface area (Å²) < 4.78 is 17.1. The molecule has 1 aliphatic rings. The Morgan fingerprint density at radius 1 is 1.35 bits per heavy atom. The van der Waals surface area contributed by atoms with Gasteiger partial charge in [0.15, 0.2) is 5.79 Å². The summed E-state index contributed by atoms with van der Waals surface area (Å²) in [6.45, 7) is 7.09. The molecule has 2 atom stereocenters. The van der Waals surface area contributed by atoms with E-state index < -0.39 is 5.79 Å². The number of benzene rings is 1. The summed E-state index contributed by atoms with van der Waals surface area (Å²) in [4.78, 5) is 0. The highest BCUT2D eigenvalue weighted by atomic mass is 16.7. The van der Waals surface area contributed by atoms with Gasteiger partial charge in [-0.05, 0) is 26.3 Å². The van der Waals surface area contributed by atoms with Gasteiger partial charge in [-0.1, -0.05) is 30.3 Å². The normalized spacial score (nSPS) is 24.8. The van der Waals surface area contributed by atoms with E-state index in [-0.39, 0.29) is 12.2 Å². The van der Waals surface area contributed by atoms with Crippen molar-refractivity contribution in [3.05, 3.63) is 35.9 Å². The first-order valence-electron chi connectivity index (χ1n) is 6.04. The van der Waals surface area contributed by atoms with Crippen LogP contribution in [0.4, 0.5) is 0 Å². The highest BCUT2D eigenvalue weighted by molar-refractivity contribution is 5.13. The Hall–Kier alpha value is -0.900. The molecule has 0 aromatic heterocycles. The van der Waals surface area contributed by atoms with E-state index in [4.69, 9.17) is 14.2 Å². The molecule has 94 valence electrons. The van der Waals surface area contributed by atoms with Crippen molar-refractivity contribution in [1.82, 2.24) is 0 Å². The van der Waals surface area contributed by atoms with E-state index in [0.717, 1.165) is 0 Å². The Morgan fingerprint density at radius 2 is 2.06 bits per heavy atom. The van der Waals surface area contributed by atoms with E-state index in [0.29, 0.717) is 13.2 Å². The van der Waals surface area contributed by atoms with Crippen LogP contribution in [0.1, 0.15) is 26.3 Å². The van der Waals surface area contributed by atoms with Crippen LogP contribution in [0.2, 0.25) is 0 Å². The monoisotopic (exact) mass is 236 g/mol. The largest absolute Gasteiger partial charge is 0.371 e. The van der Waals surface area contributed by atoms with Crippen molar-refractivity contribution in [2.24, 2.45) is 0 Å². The van der Waals surface area contributed by atoms with Crippen LogP contribution in [-0.2, 0) is 20.8 Å². The molecule has 1 aromatic rings. The van der Waals surface area contributed by atoms with Crippen molar-refractivity contribution >= 4 is 0 Å². The topological polar surface area (TPSA) is 27.7 Å². The van der Waals surface area contributed by atoms with Crippen LogP contribution in [0.3, 0.4) is 0 Å². The predicted molar refractivity (Wildman–Crippen MR) is 65.6 cm³/mol. The molecule has 1 fully saturated rings. The maximum absolute atomic E-state index is 5.80. The first-order valence-corrected chi connectivity index (χ1v) is 6.04. The molecular weight excluding hydrogens is 216 g/mol. The number of ether oxygens (including phenoxy) is 3. The molecule has 1 aliphatic heterocycles. The van der Waals surface area contributed by atoms with Crippen molar-refractivity contribution in [2.45, 2.75) is 45.4 Å². The SMILES string of the molecule is C[C@H](OCc1ccccc1)[C@@H]1COC(C)(C)O1. The molecular formula is C14H20O3. The van der Waals surface area contributed by atoms with E-state index in [2.05, 4.69) is 12.1 Å². The van der Waals surface area contributed by atoms with E-state index in [9.17, 15) is 0 Å². The fourth-order valence-corrected chi connectivity index (χ4v) is 1.86. The molecule has 17 heavy (non-hydrogen) atoms. The maximum Gasteiger partial charge on any atom is 0.163 e. The summed E-state index contributed by atoms with van der Waals surface area (Å²) >= 11 is 0. The molecule has 0 saturated carbocycles. The summed E-state index contributed by atoms with van der Waals surface area (Å²) in [7, 11) is 0. The third kappa shape index (κ3) is 3.53. The molecule has 1 aromatic carbocycles. The second-order valence-electron chi connectivity index (χ2n) is 4.87. The lowest BCUT2D eigenvalue weighted by molar-refractivity contribution is -0.155. The van der Waals surface area contributed by atoms with Gasteiger partial charge in [-0.15, -0.1) is 0 Å². The van der Waals surface area contributed by atoms with Crippen molar-refractivity contribution < 1.29 is 14.2 Å². The molecule has 1 heterocycles. The minimum absolute atomic E-state index is 0.0220. The summed E-state index contributed by atoms with van der Waals surface area (Å²) in [6.07, 6.45) is 0.0608. The fourth-order valence-electron chi connectivity index (χ4n) is 1.86. The second kappa shape index (κ2) is 5.17. The van der Waals surface area contributed by atoms with Gasteiger partial charge >= 0.3 is 0 Å². The molecule has 3 heteroatoms. The fraction of sp³-hybridized carbons (Fsp3) is 0.571. The number of rotatable bonds is 4. The quantitative estimate of drug-likeness (QED) is 0.804. The average molecular weight is 236 g/mol. The standard InChI is InChI=1S/C14H20O3/c1-11(13-10-16-14(2,3)17-13)15-9-12-7-5-4-6-8-12/h4-8,11,13H,9-10H2,1-3H3/t11-,13-/m0/s1. The third-order valence-corrected chi connectivity index (χ3v) is 2.91. The Bertz CT molecular complexity index is 348. The Labute approximate surface area is 103 Å². The summed E-state index contributed by atoms with van der Waals surface area (Å²) in [5, 5.41) is 0. The molecule has 0 bridgehead atoms. The molecule has 0 aliphatic carbocycles. The summed E-state index contributed by atoms with van der Waals surface area (Å²) in [5.41, 5.74) is 1.18. The van der Waals surface area contributed by atoms with Gasteiger partial charge in [0.25, 0.3) is 0 Å². The van der Waals surface area contributed by atoms with Crippen molar-refractivity contribution in [2.75, 3.05) is 6.61 Å². The highest BCUT2D eigenvalue weighted by Crippen LogP contribution is 2.25. The van der Waals surface area contributed by atoms with Crippen LogP contribution in [-0.4, -0.2) is 24.6 Å². The van der Waals surface area contributed by atoms with Crippen molar-refractivity contribution in [1.29, 1.82) is 0 Å². The molecule has 0 spiro atoms. The maximum atomic E-state index is 5.80. The lowest BCUT2D eigenvalue weighted by Crippen LogP contribution is -2.30. The van der Waals surface area contributed by atoms with Crippen LogP contribution in [0.15, 0.2) is 30.3 Å². The zero-order valence-electron chi connectivity index (χ0n) is 10.7. The second-order valence-corrected chi connectivity index (χ2v) is 4.87. The summed E-state index contributed by atoms with van der Waals surface area (Å²) in [6, 6.07) is 10.2. The van der Waals surface area contributed by atoms with E-state index >= 15 is 0 Å². The van der Waals surface area contributed by atoms with Gasteiger partial charge in [0.05, 0.1) is 19.3 Å². The van der Waals surface area contributed by atoms with E-state index in [1.807, 2.05) is 39.0 Å². The van der Waals surface area contributed by atoms with Gasteiger partial charge in [-0.3, -0.25) is 0 Å². The van der Waals surface area contributed by atoms with Crippen LogP contribution in [0, 0.1) is 0 Å². The first-order chi connectivity index (χ1) is 8.07. The van der Waals surface area contributed by atoms with Crippen molar-refractivity contribution in [3.63, 3.8) is 0 Å². The zero-order valence-corrected chi connectivity index (χ0v) is 10.7. The van der Waals surface area contributed by atoms with Gasteiger partial charge < -0.3 is 14.2 Å². The Morgan fingerprint density at radius 3 is 2.65 bits per heavy atom. The van der Waals surface area contributed by atoms with Gasteiger partial charge in [-0.25, -0.2) is 0 Å². The molecule has 1 saturated heterocycles. The zero-order chi connectivity index (χ0) is 12.3. The van der Waals surface area contributed by atoms with Crippen LogP contribution >= 0.6 is 0 Å². The lowest BCUT2D eigenvalue weighted by Gasteiger charge is -2.21. The lowest BCUT2D eigenvalue weighted by atomic mass is 10.2. The van der Waals surface area contributed by atoms with Gasteiger partial charge in [0, 0.05) is 0 Å². The predicted octanol–water partition coefficient (Wildman–Crippen LogP) is 2.74. The van der Waals surface area contributed by atoms with Crippen LogP contribution in [0.25, 0.3) is 0 Å². The van der Waals surface area contributed by atoms with E-state index in [1.165, 1.54) is 5.56 Å². The van der Waals surface area contributed by atoms with E-state index in [1.54, 1.807) is 0 Å². The first kappa shape index (κ1) is 12.6. The van der Waals surface area contributed by atoms with Crippen LogP contribution < -0.4 is 0 Å². The van der Waals surface area contributed by atoms with Crippen molar-refractivity contribution in [3.8, 4) is 0 Å². The van der Waals surface area contributed by atoms with Gasteiger partial charge in [0.2, 0.25) is 0 Å². The van der Waals surface area contributed by atoms with Gasteiger partial charge in [-0.2, -0.15) is 0 Å². The minimum Gasteiger partial charge on any atom is -0.371 e. The third-order valence-electron chi connectivity index (χ3n) is 2.91. The van der Waals surface area contributed by atoms with Crippen LogP contribution in [0.5, 0.6) is 0 Å². The molecule has 0 N–H and O–H groups in total. The summed E-state index contributed by atoms with van der Waals surface area (Å²) in [5.74, 6) is -0.477. The highest BCUT2D eigenvalue weighted by Gasteiger charge is 2.36. The molecule has 0 unspecified atom stereocenters. The Balaban J connectivity index is 1.80. The molecule has 0 radical (unpaired) electrons. The number of hydrogen-bond donors (Lipinski definition) is 0. The Kier molecular flexibility index (Phi) is 3.82. The smallest absolute Gasteiger partial charge is 0.163 e. The molecule has 0 amide bonds. The number of hydrogen-bond acceptors (Lipinski definition) is 3. The molecule has 3 nitrogen and oxygen atoms in total.